The first kappa shape index (κ1) is 66.5. The van der Waals surface area contributed by atoms with Gasteiger partial charge < -0.3 is 61.6 Å². The number of pyridine rings is 1. The zero-order valence-electron chi connectivity index (χ0n) is 55.8. The van der Waals surface area contributed by atoms with Crippen LogP contribution in [0.25, 0.3) is 72.6 Å². The summed E-state index contributed by atoms with van der Waals surface area (Å²) in [5.74, 6) is 11.7. The van der Waals surface area contributed by atoms with E-state index in [4.69, 9.17) is 26.7 Å². The normalized spacial score (nSPS) is 15.4. The summed E-state index contributed by atoms with van der Waals surface area (Å²) in [6.07, 6.45) is 7.25. The molecule has 0 fully saturated rings. The molecular formula is C78H64F3N17O6. The summed E-state index contributed by atoms with van der Waals surface area (Å²) >= 11 is 0. The molecule has 0 spiro atoms. The lowest BCUT2D eigenvalue weighted by Gasteiger charge is -2.26. The predicted octanol–water partition coefficient (Wildman–Crippen LogP) is 11.2. The monoisotopic (exact) mass is 1390 g/mol. The van der Waals surface area contributed by atoms with Gasteiger partial charge in [-0.05, 0) is 170 Å². The molecule has 23 nitrogen and oxygen atoms in total. The van der Waals surface area contributed by atoms with Gasteiger partial charge in [0.15, 0.2) is 0 Å². The number of alkyl halides is 3. The Kier molecular flexibility index (Phi) is 17.9. The van der Waals surface area contributed by atoms with Gasteiger partial charge in [0, 0.05) is 95.8 Å². The van der Waals surface area contributed by atoms with Crippen molar-refractivity contribution in [2.45, 2.75) is 95.8 Å². The van der Waals surface area contributed by atoms with Gasteiger partial charge in [-0.1, -0.05) is 66.4 Å². The third kappa shape index (κ3) is 13.5. The first-order valence-electron chi connectivity index (χ1n) is 33.5. The highest BCUT2D eigenvalue weighted by Crippen LogP contribution is 2.44. The maximum absolute atomic E-state index is 14.5. The summed E-state index contributed by atoms with van der Waals surface area (Å²) in [5.41, 5.74) is 29.2. The van der Waals surface area contributed by atoms with E-state index in [2.05, 4.69) is 84.4 Å². The van der Waals surface area contributed by atoms with E-state index in [1.54, 1.807) is 55.6 Å². The van der Waals surface area contributed by atoms with Crippen molar-refractivity contribution >= 4 is 86.1 Å². The van der Waals surface area contributed by atoms with E-state index < -0.39 is 24.1 Å². The number of benzene rings is 5. The minimum atomic E-state index is -4.72. The van der Waals surface area contributed by atoms with Gasteiger partial charge in [-0.15, -0.1) is 0 Å². The number of ether oxygens (including phenoxy) is 2. The highest BCUT2D eigenvalue weighted by atomic mass is 19.4. The number of halogens is 3. The third-order valence-corrected chi connectivity index (χ3v) is 18.8. The predicted molar refractivity (Wildman–Crippen MR) is 387 cm³/mol. The lowest BCUT2D eigenvalue weighted by atomic mass is 9.96. The SMILES string of the molecule is CC#CC(=O)N[C@@H]1CCc2c(-c3ccc(C(=O)Nc4ccc(/C=C/C(=O)N[C@@H]5CCc6c(-c7ccc(Oc8ccc(C(F)(F)F)c(CC#CC(=O)N[C@@H]9CCc%10c(-c%11ccc(Oc%12ccccc%12)cc%11)c%11c(N)ncnc%11n%10C9)c8)cc7)c7c(N)ncnc7n6C5)cn4)cc3)c3c(N)ncnc3n2C1. The molecule has 0 saturated heterocycles. The van der Waals surface area contributed by atoms with E-state index in [1.165, 1.54) is 37.2 Å². The molecule has 10 heterocycles. The molecule has 3 aliphatic rings. The van der Waals surface area contributed by atoms with Gasteiger partial charge in [-0.2, -0.15) is 13.2 Å². The molecule has 26 heteroatoms. The summed E-state index contributed by atoms with van der Waals surface area (Å²) in [7, 11) is 0. The number of aromatic nitrogens is 10. The van der Waals surface area contributed by atoms with Crippen molar-refractivity contribution in [1.29, 1.82) is 0 Å². The van der Waals surface area contributed by atoms with Crippen molar-refractivity contribution < 1.29 is 41.8 Å². The average Bonchev–Trinajstić information content (AvgIpc) is 1.60. The Morgan fingerprint density at radius 2 is 1.01 bits per heavy atom. The van der Waals surface area contributed by atoms with Crippen LogP contribution in [0.2, 0.25) is 0 Å². The number of carbonyl (C=O) groups is 4. The minimum Gasteiger partial charge on any atom is -0.457 e. The minimum absolute atomic E-state index is 0.127. The molecule has 12 aromatic rings. The number of nitrogens with two attached hydrogens (primary N) is 3. The number of nitrogens with one attached hydrogen (secondary N) is 4. The number of anilines is 4. The van der Waals surface area contributed by atoms with E-state index in [9.17, 15) is 32.3 Å². The summed E-state index contributed by atoms with van der Waals surface area (Å²) in [5, 5.41) is 13.9. The average molecular weight is 1390 g/mol. The molecule has 518 valence electrons. The molecule has 0 saturated carbocycles. The van der Waals surface area contributed by atoms with Crippen LogP contribution in [0.3, 0.4) is 0 Å². The van der Waals surface area contributed by atoms with Crippen LogP contribution in [0.5, 0.6) is 23.0 Å². The Morgan fingerprint density at radius 1 is 0.548 bits per heavy atom. The molecule has 0 unspecified atom stereocenters. The molecule has 5 aromatic carbocycles. The molecule has 15 rings (SSSR count). The van der Waals surface area contributed by atoms with Gasteiger partial charge in [-0.3, -0.25) is 19.2 Å². The van der Waals surface area contributed by atoms with Crippen molar-refractivity contribution in [3.63, 3.8) is 0 Å². The van der Waals surface area contributed by atoms with E-state index in [-0.39, 0.29) is 53.0 Å². The second-order valence-electron chi connectivity index (χ2n) is 25.4. The molecule has 0 bridgehead atoms. The van der Waals surface area contributed by atoms with Crippen LogP contribution >= 0.6 is 0 Å². The summed E-state index contributed by atoms with van der Waals surface area (Å²) in [6, 6.07) is 37.4. The smallest absolute Gasteiger partial charge is 0.416 e. The van der Waals surface area contributed by atoms with Gasteiger partial charge in [-0.25, -0.2) is 34.9 Å². The van der Waals surface area contributed by atoms with Crippen LogP contribution < -0.4 is 47.9 Å². The molecule has 3 atom stereocenters. The molecule has 104 heavy (non-hydrogen) atoms. The third-order valence-electron chi connectivity index (χ3n) is 18.8. The maximum atomic E-state index is 14.5. The topological polar surface area (TPSA) is 318 Å². The molecule has 3 aliphatic heterocycles. The second-order valence-corrected chi connectivity index (χ2v) is 25.4. The Hall–Kier alpha value is -13.4. The molecule has 4 amide bonds. The van der Waals surface area contributed by atoms with Gasteiger partial charge in [0.1, 0.15) is 82.2 Å². The Morgan fingerprint density at radius 3 is 1.49 bits per heavy atom. The maximum Gasteiger partial charge on any atom is 0.416 e. The van der Waals surface area contributed by atoms with Crippen molar-refractivity contribution in [2.75, 3.05) is 22.5 Å². The van der Waals surface area contributed by atoms with E-state index in [1.807, 2.05) is 88.0 Å². The van der Waals surface area contributed by atoms with E-state index in [0.717, 1.165) is 56.5 Å². The van der Waals surface area contributed by atoms with Crippen LogP contribution in [-0.2, 0) is 65.9 Å². The molecule has 0 radical (unpaired) electrons. The molecule has 0 aliphatic carbocycles. The fourth-order valence-electron chi connectivity index (χ4n) is 14.2. The van der Waals surface area contributed by atoms with Gasteiger partial charge in [0.25, 0.3) is 17.7 Å². The quantitative estimate of drug-likeness (QED) is 0.0370. The van der Waals surface area contributed by atoms with Crippen LogP contribution in [0, 0.1) is 23.7 Å². The first-order valence-corrected chi connectivity index (χ1v) is 33.5. The van der Waals surface area contributed by atoms with Gasteiger partial charge in [0.05, 0.1) is 21.7 Å². The van der Waals surface area contributed by atoms with Crippen LogP contribution in [-0.4, -0.2) is 90.3 Å². The standard InChI is InChI=1S/C78H64F3N17O6/c1-2-7-62(99)92-50-22-31-58-65(68-71(82)86-41-89-74(68)96(58)38-50)45-14-16-48(17-15-45)77(102)95-61-34-12-44(37-85-61)13-35-64(101)94-52-24-33-60-67(70-73(84)88-43-91-76(70)98(60)40-52)47-20-27-55(28-21-47)104-56-29-30-57(78(79,80)81)49(36-56)8-6-11-63(100)93-51-23-32-59-66(69-72(83)87-42-90-75(69)97(59)39-51)46-18-25-54(26-19-46)103-53-9-4-3-5-10-53/h3-5,9-10,12-21,25-30,34-37,41-43,50-52H,8,22-24,31-33,38-40H2,1H3,(H,92,99)(H,93,100)(H,94,101)(H2,82,86,89)(H2,83,87,90)(H2,84,88,91)(H,85,95,102)/b35-13+/t50-,51-,52-/m1/s1. The van der Waals surface area contributed by atoms with E-state index in [0.29, 0.717) is 137 Å². The highest BCUT2D eigenvalue weighted by Gasteiger charge is 2.35. The number of nitrogens with zero attached hydrogens (tertiary/aromatic N) is 10. The Labute approximate surface area is 592 Å². The lowest BCUT2D eigenvalue weighted by molar-refractivity contribution is -0.138. The summed E-state index contributed by atoms with van der Waals surface area (Å²) in [6.45, 7) is 2.83. The number of rotatable bonds is 15. The lowest BCUT2D eigenvalue weighted by Crippen LogP contribution is -2.40. The number of hydrogen-bond acceptors (Lipinski definition) is 16. The Balaban J connectivity index is 0.562. The van der Waals surface area contributed by atoms with Gasteiger partial charge >= 0.3 is 6.18 Å². The number of amides is 4. The van der Waals surface area contributed by atoms with Crippen molar-refractivity contribution in [2.24, 2.45) is 0 Å². The fourth-order valence-corrected chi connectivity index (χ4v) is 14.2. The second kappa shape index (κ2) is 28.0. The number of fused-ring (bicyclic) bond motifs is 9. The number of para-hydroxylation sites is 1. The molecular weight excluding hydrogens is 1330 g/mol. The molecule has 7 aromatic heterocycles. The summed E-state index contributed by atoms with van der Waals surface area (Å²) in [4.78, 5) is 83.8. The zero-order valence-corrected chi connectivity index (χ0v) is 55.8. The number of hydrogen-bond donors (Lipinski definition) is 7. The Bertz CT molecular complexity index is 5560. The van der Waals surface area contributed by atoms with Crippen molar-refractivity contribution in [3.8, 4) is 80.1 Å². The van der Waals surface area contributed by atoms with Crippen LogP contribution in [0.1, 0.15) is 70.3 Å². The van der Waals surface area contributed by atoms with Crippen LogP contribution in [0.15, 0.2) is 165 Å². The summed E-state index contributed by atoms with van der Waals surface area (Å²) < 4.78 is 61.8. The number of nitrogen functional groups attached to an aromatic ring is 3. The zero-order chi connectivity index (χ0) is 71.8. The first-order chi connectivity index (χ1) is 50.5. The van der Waals surface area contributed by atoms with Crippen molar-refractivity contribution in [1.82, 2.24) is 64.5 Å². The largest absolute Gasteiger partial charge is 0.457 e. The molecule has 10 N–H and O–H groups in total. The van der Waals surface area contributed by atoms with E-state index >= 15 is 0 Å². The van der Waals surface area contributed by atoms with Crippen molar-refractivity contribution in [3.05, 3.63) is 204 Å². The van der Waals surface area contributed by atoms with Crippen LogP contribution in [0.4, 0.5) is 36.4 Å². The number of carbonyl (C=O) groups excluding carboxylic acids is 4. The fraction of sp³-hybridized carbons (Fsp3) is 0.192. The van der Waals surface area contributed by atoms with Gasteiger partial charge in [0.2, 0.25) is 5.91 Å². The highest BCUT2D eigenvalue weighted by molar-refractivity contribution is 6.07.